The first-order valence-electron chi connectivity index (χ1n) is 7.93. The van der Waals surface area contributed by atoms with Gasteiger partial charge >= 0.3 is 0 Å². The Kier molecular flexibility index (Phi) is 6.31. The van der Waals surface area contributed by atoms with E-state index in [-0.39, 0.29) is 12.2 Å². The van der Waals surface area contributed by atoms with Gasteiger partial charge in [0, 0.05) is 6.54 Å². The number of carbonyl (C=O) groups is 1. The zero-order valence-corrected chi connectivity index (χ0v) is 13.6. The van der Waals surface area contributed by atoms with Crippen LogP contribution in [-0.2, 0) is 4.79 Å². The van der Waals surface area contributed by atoms with Gasteiger partial charge in [-0.2, -0.15) is 0 Å². The Morgan fingerprint density at radius 3 is 2.32 bits per heavy atom. The van der Waals surface area contributed by atoms with Gasteiger partial charge in [-0.15, -0.1) is 0 Å². The van der Waals surface area contributed by atoms with Gasteiger partial charge in [-0.25, -0.2) is 0 Å². The molecular weight excluding hydrogens is 236 g/mol. The van der Waals surface area contributed by atoms with Gasteiger partial charge in [-0.05, 0) is 30.6 Å². The van der Waals surface area contributed by atoms with Crippen molar-refractivity contribution in [3.63, 3.8) is 0 Å². The van der Waals surface area contributed by atoms with Crippen molar-refractivity contribution in [2.24, 2.45) is 17.8 Å². The third kappa shape index (κ3) is 4.48. The van der Waals surface area contributed by atoms with E-state index in [1.54, 1.807) is 0 Å². The van der Waals surface area contributed by atoms with Crippen LogP contribution in [0, 0.1) is 17.8 Å². The standard InChI is InChI=1S/C16H32N2O/c1-7-8-15-17-14(9-11(2)3)16(19)18(15)10-13(6)12(4)5/h11-15,17H,7-10H2,1-6H3. The molecule has 19 heavy (non-hydrogen) atoms. The highest BCUT2D eigenvalue weighted by Crippen LogP contribution is 2.23. The van der Waals surface area contributed by atoms with E-state index in [1.807, 2.05) is 0 Å². The van der Waals surface area contributed by atoms with Gasteiger partial charge in [-0.3, -0.25) is 10.1 Å². The van der Waals surface area contributed by atoms with Crippen molar-refractivity contribution in [1.82, 2.24) is 10.2 Å². The monoisotopic (exact) mass is 268 g/mol. The Bertz CT molecular complexity index is 288. The molecule has 1 heterocycles. The minimum Gasteiger partial charge on any atom is -0.326 e. The van der Waals surface area contributed by atoms with Crippen molar-refractivity contribution in [3.8, 4) is 0 Å². The van der Waals surface area contributed by atoms with E-state index >= 15 is 0 Å². The first-order valence-corrected chi connectivity index (χ1v) is 7.93. The molecule has 112 valence electrons. The van der Waals surface area contributed by atoms with E-state index in [4.69, 9.17) is 0 Å². The molecular formula is C16H32N2O. The summed E-state index contributed by atoms with van der Waals surface area (Å²) in [6, 6.07) is 0.0379. The van der Waals surface area contributed by atoms with Crippen molar-refractivity contribution in [2.45, 2.75) is 73.0 Å². The summed E-state index contributed by atoms with van der Waals surface area (Å²) in [5.74, 6) is 2.06. The molecule has 1 saturated heterocycles. The first-order chi connectivity index (χ1) is 8.86. The van der Waals surface area contributed by atoms with Crippen LogP contribution in [0.1, 0.15) is 60.8 Å². The summed E-state index contributed by atoms with van der Waals surface area (Å²) in [6.07, 6.45) is 3.38. The van der Waals surface area contributed by atoms with Crippen LogP contribution in [0.3, 0.4) is 0 Å². The maximum Gasteiger partial charge on any atom is 0.241 e. The van der Waals surface area contributed by atoms with Crippen LogP contribution in [0.4, 0.5) is 0 Å². The molecule has 0 spiro atoms. The highest BCUT2D eigenvalue weighted by Gasteiger charge is 2.38. The summed E-state index contributed by atoms with van der Waals surface area (Å²) in [6.45, 7) is 14.2. The van der Waals surface area contributed by atoms with Crippen molar-refractivity contribution in [1.29, 1.82) is 0 Å². The van der Waals surface area contributed by atoms with Gasteiger partial charge in [0.2, 0.25) is 5.91 Å². The summed E-state index contributed by atoms with van der Waals surface area (Å²) < 4.78 is 0. The summed E-state index contributed by atoms with van der Waals surface area (Å²) in [7, 11) is 0. The molecule has 3 nitrogen and oxygen atoms in total. The van der Waals surface area contributed by atoms with Gasteiger partial charge in [0.25, 0.3) is 0 Å². The molecule has 1 aliphatic heterocycles. The quantitative estimate of drug-likeness (QED) is 0.768. The third-order valence-electron chi connectivity index (χ3n) is 4.24. The lowest BCUT2D eigenvalue weighted by Crippen LogP contribution is -2.40. The number of hydrogen-bond acceptors (Lipinski definition) is 2. The van der Waals surface area contributed by atoms with Gasteiger partial charge in [0.05, 0.1) is 12.2 Å². The third-order valence-corrected chi connectivity index (χ3v) is 4.24. The zero-order chi connectivity index (χ0) is 14.6. The van der Waals surface area contributed by atoms with Gasteiger partial charge in [-0.1, -0.05) is 48.0 Å². The van der Waals surface area contributed by atoms with Crippen molar-refractivity contribution in [3.05, 3.63) is 0 Å². The lowest BCUT2D eigenvalue weighted by atomic mass is 9.97. The molecule has 1 amide bonds. The summed E-state index contributed by atoms with van der Waals surface area (Å²) >= 11 is 0. The number of nitrogens with zero attached hydrogens (tertiary/aromatic N) is 1. The molecule has 1 aliphatic rings. The molecule has 1 rings (SSSR count). The average Bonchev–Trinajstić information content (AvgIpc) is 2.57. The fourth-order valence-electron chi connectivity index (χ4n) is 2.64. The van der Waals surface area contributed by atoms with Crippen LogP contribution in [-0.4, -0.2) is 29.6 Å². The Labute approximate surface area is 119 Å². The van der Waals surface area contributed by atoms with E-state index in [9.17, 15) is 4.79 Å². The lowest BCUT2D eigenvalue weighted by Gasteiger charge is -2.28. The molecule has 0 aromatic heterocycles. The molecule has 1 fully saturated rings. The number of rotatable bonds is 7. The van der Waals surface area contributed by atoms with Crippen LogP contribution in [0.15, 0.2) is 0 Å². The topological polar surface area (TPSA) is 32.3 Å². The molecule has 3 unspecified atom stereocenters. The van der Waals surface area contributed by atoms with Crippen LogP contribution in [0.5, 0.6) is 0 Å². The van der Waals surface area contributed by atoms with Crippen molar-refractivity contribution in [2.75, 3.05) is 6.54 Å². The molecule has 3 heteroatoms. The predicted octanol–water partition coefficient (Wildman–Crippen LogP) is 3.25. The molecule has 1 N–H and O–H groups in total. The van der Waals surface area contributed by atoms with Crippen molar-refractivity contribution >= 4 is 5.91 Å². The zero-order valence-electron chi connectivity index (χ0n) is 13.6. The molecule has 0 aromatic rings. The maximum absolute atomic E-state index is 12.5. The normalized spacial score (nSPS) is 25.7. The van der Waals surface area contributed by atoms with E-state index in [1.165, 1.54) is 0 Å². The smallest absolute Gasteiger partial charge is 0.241 e. The largest absolute Gasteiger partial charge is 0.326 e. The summed E-state index contributed by atoms with van der Waals surface area (Å²) in [5, 5.41) is 3.54. The van der Waals surface area contributed by atoms with Crippen LogP contribution < -0.4 is 5.32 Å². The number of carbonyl (C=O) groups excluding carboxylic acids is 1. The Morgan fingerprint density at radius 2 is 1.84 bits per heavy atom. The van der Waals surface area contributed by atoms with Crippen LogP contribution in [0.25, 0.3) is 0 Å². The fraction of sp³-hybridized carbons (Fsp3) is 0.938. The van der Waals surface area contributed by atoms with E-state index in [0.29, 0.717) is 23.7 Å². The van der Waals surface area contributed by atoms with Crippen molar-refractivity contribution < 1.29 is 4.79 Å². The summed E-state index contributed by atoms with van der Waals surface area (Å²) in [4.78, 5) is 14.6. The minimum atomic E-state index is 0.0379. The lowest BCUT2D eigenvalue weighted by molar-refractivity contribution is -0.131. The Balaban J connectivity index is 2.71. The number of amides is 1. The van der Waals surface area contributed by atoms with Crippen LogP contribution >= 0.6 is 0 Å². The predicted molar refractivity (Wildman–Crippen MR) is 80.8 cm³/mol. The highest BCUT2D eigenvalue weighted by atomic mass is 16.2. The van der Waals surface area contributed by atoms with E-state index < -0.39 is 0 Å². The highest BCUT2D eigenvalue weighted by molar-refractivity contribution is 5.84. The van der Waals surface area contributed by atoms with Gasteiger partial charge in [0.1, 0.15) is 0 Å². The average molecular weight is 268 g/mol. The first kappa shape index (κ1) is 16.5. The summed E-state index contributed by atoms with van der Waals surface area (Å²) in [5.41, 5.74) is 0. The minimum absolute atomic E-state index is 0.0379. The molecule has 0 aromatic carbocycles. The Morgan fingerprint density at radius 1 is 1.21 bits per heavy atom. The second-order valence-electron chi connectivity index (χ2n) is 6.87. The van der Waals surface area contributed by atoms with Gasteiger partial charge < -0.3 is 4.90 Å². The molecule has 3 atom stereocenters. The van der Waals surface area contributed by atoms with Crippen LogP contribution in [0.2, 0.25) is 0 Å². The SMILES string of the molecule is CCCC1NC(CC(C)C)C(=O)N1CC(C)C(C)C. The number of hydrogen-bond donors (Lipinski definition) is 1. The van der Waals surface area contributed by atoms with E-state index in [2.05, 4.69) is 51.8 Å². The van der Waals surface area contributed by atoms with Gasteiger partial charge in [0.15, 0.2) is 0 Å². The molecule has 0 aliphatic carbocycles. The second kappa shape index (κ2) is 7.28. The maximum atomic E-state index is 12.5. The fourth-order valence-corrected chi connectivity index (χ4v) is 2.64. The number of nitrogens with one attached hydrogen (secondary N) is 1. The molecule has 0 bridgehead atoms. The van der Waals surface area contributed by atoms with E-state index in [0.717, 1.165) is 25.8 Å². The molecule has 0 saturated carbocycles. The second-order valence-corrected chi connectivity index (χ2v) is 6.87. The Hall–Kier alpha value is -0.570. The molecule has 0 radical (unpaired) electrons.